The largest absolute Gasteiger partial charge is 0.508 e. The monoisotopic (exact) mass is 1470 g/mol. The number of benzene rings is 1. The zero-order valence-corrected chi connectivity index (χ0v) is 62.7. The van der Waals surface area contributed by atoms with Crippen LogP contribution in [0, 0.1) is 29.6 Å². The smallest absolute Gasteiger partial charge is 0.248 e. The van der Waals surface area contributed by atoms with Crippen molar-refractivity contribution in [2.75, 3.05) is 13.6 Å². The summed E-state index contributed by atoms with van der Waals surface area (Å²) in [6, 6.07) is -14.0. The topological polar surface area (TPSA) is 519 Å². The molecule has 1 aromatic rings. The summed E-state index contributed by atoms with van der Waals surface area (Å²) in [6.45, 7) is 20.0. The van der Waals surface area contributed by atoms with Gasteiger partial charge in [-0.05, 0) is 86.8 Å². The molecule has 2 heterocycles. The molecule has 0 unspecified atom stereocenters. The number of phenolic OH excluding ortho intramolecular Hbond substituents is 1. The lowest BCUT2D eigenvalue weighted by molar-refractivity contribution is -0.146. The van der Waals surface area contributed by atoms with Crippen LogP contribution in [0.2, 0.25) is 0 Å². The quantitative estimate of drug-likeness (QED) is 0.0500. The molecule has 2 aliphatic heterocycles. The highest BCUT2D eigenvalue weighted by Gasteiger charge is 2.45. The summed E-state index contributed by atoms with van der Waals surface area (Å²) >= 11 is 0. The first-order valence-electron chi connectivity index (χ1n) is 36.4. The predicted molar refractivity (Wildman–Crippen MR) is 381 cm³/mol. The number of nitrogens with zero attached hydrogens (tertiary/aromatic N) is 2. The summed E-state index contributed by atoms with van der Waals surface area (Å²) in [6.07, 6.45) is -4.93. The fourth-order valence-corrected chi connectivity index (χ4v) is 12.3. The molecule has 2 saturated heterocycles. The number of amides is 14. The summed E-state index contributed by atoms with van der Waals surface area (Å²) in [5, 5.41) is 81.6. The second kappa shape index (κ2) is 43.0. The van der Waals surface area contributed by atoms with Crippen LogP contribution in [0.4, 0.5) is 0 Å². The third-order valence-electron chi connectivity index (χ3n) is 19.2. The maximum absolute atomic E-state index is 14.9. The summed E-state index contributed by atoms with van der Waals surface area (Å²) in [5.74, 6) is -18.3. The number of hydrogen-bond acceptors (Lipinski definition) is 19. The Morgan fingerprint density at radius 1 is 0.500 bits per heavy atom. The van der Waals surface area contributed by atoms with Gasteiger partial charge in [-0.2, -0.15) is 0 Å². The Labute approximate surface area is 609 Å². The average Bonchev–Trinajstić information content (AvgIpc) is 1.50. The van der Waals surface area contributed by atoms with Gasteiger partial charge >= 0.3 is 0 Å². The Morgan fingerprint density at radius 2 is 0.981 bits per heavy atom. The third kappa shape index (κ3) is 27.2. The highest BCUT2D eigenvalue weighted by Crippen LogP contribution is 2.24. The van der Waals surface area contributed by atoms with Crippen LogP contribution in [-0.4, -0.2) is 229 Å². The van der Waals surface area contributed by atoms with E-state index in [4.69, 9.17) is 11.5 Å². The molecule has 104 heavy (non-hydrogen) atoms. The normalized spacial score (nSPS) is 26.9. The Hall–Kier alpha value is -8.56. The van der Waals surface area contributed by atoms with Crippen molar-refractivity contribution < 1.29 is 92.7 Å². The van der Waals surface area contributed by atoms with Gasteiger partial charge < -0.3 is 100.0 Å². The summed E-state index contributed by atoms with van der Waals surface area (Å²) in [4.78, 5) is 203. The average molecular weight is 1470 g/mol. The highest BCUT2D eigenvalue weighted by molar-refractivity contribution is 6.01. The Morgan fingerprint density at radius 3 is 1.50 bits per heavy atom. The van der Waals surface area contributed by atoms with Gasteiger partial charge in [0.15, 0.2) is 0 Å². The van der Waals surface area contributed by atoms with Gasteiger partial charge in [0.25, 0.3) is 0 Å². The molecule has 1 aromatic carbocycles. The van der Waals surface area contributed by atoms with E-state index in [9.17, 15) is 92.7 Å². The molecule has 0 saturated carbocycles. The van der Waals surface area contributed by atoms with E-state index in [0.29, 0.717) is 18.4 Å². The van der Waals surface area contributed by atoms with Crippen molar-refractivity contribution in [3.63, 3.8) is 0 Å². The number of carbonyl (C=O) groups is 14. The molecule has 2 fully saturated rings. The lowest BCUT2D eigenvalue weighted by Gasteiger charge is -2.36. The van der Waals surface area contributed by atoms with Gasteiger partial charge in [0, 0.05) is 38.9 Å². The predicted octanol–water partition coefficient (Wildman–Crippen LogP) is -1.95. The second-order valence-electron chi connectivity index (χ2n) is 28.9. The number of unbranched alkanes of at least 4 members (excludes halogenated alkanes) is 4. The lowest BCUT2D eigenvalue weighted by Crippen LogP contribution is -2.65. The number of likely N-dealkylation sites (N-methyl/N-ethyl adjacent to an activating group) is 1. The van der Waals surface area contributed by atoms with Crippen LogP contribution in [0.3, 0.4) is 0 Å². The van der Waals surface area contributed by atoms with Gasteiger partial charge in [-0.1, -0.05) is 133 Å². The maximum atomic E-state index is 14.9. The summed E-state index contributed by atoms with van der Waals surface area (Å²) < 4.78 is 0. The number of nitrogens with one attached hydrogen (secondary N) is 10. The number of carbonyl (C=O) groups excluding carboxylic acids is 14. The number of primary amides is 2. The second-order valence-corrected chi connectivity index (χ2v) is 28.9. The van der Waals surface area contributed by atoms with Gasteiger partial charge in [0.05, 0.1) is 30.8 Å². The molecule has 0 bridgehead atoms. The molecule has 33 nitrogen and oxygen atoms in total. The van der Waals surface area contributed by atoms with E-state index in [-0.39, 0.29) is 50.8 Å². The van der Waals surface area contributed by atoms with Crippen LogP contribution in [0.15, 0.2) is 24.3 Å². The maximum Gasteiger partial charge on any atom is 0.248 e. The molecule has 2 aliphatic rings. The van der Waals surface area contributed by atoms with Gasteiger partial charge in [-0.15, -0.1) is 0 Å². The number of nitrogens with two attached hydrogens (primary N) is 2. The minimum atomic E-state index is -1.93. The molecular formula is C71H118N14O19. The lowest BCUT2D eigenvalue weighted by atomic mass is 9.94. The van der Waals surface area contributed by atoms with E-state index in [1.54, 1.807) is 41.5 Å². The van der Waals surface area contributed by atoms with E-state index >= 15 is 0 Å². The number of aliphatic hydroxyl groups excluding tert-OH is 4. The third-order valence-corrected chi connectivity index (χ3v) is 19.2. The van der Waals surface area contributed by atoms with Crippen LogP contribution in [0.1, 0.15) is 185 Å². The number of aromatic hydroxyl groups is 1. The molecule has 0 aromatic heterocycles. The number of rotatable bonds is 24. The van der Waals surface area contributed by atoms with Crippen LogP contribution in [0.5, 0.6) is 5.75 Å². The Balaban J connectivity index is 2.36. The zero-order chi connectivity index (χ0) is 78.7. The number of hydrogen-bond donors (Lipinski definition) is 17. The minimum Gasteiger partial charge on any atom is -0.508 e. The Bertz CT molecular complexity index is 3100. The first kappa shape index (κ1) is 89.7. The molecule has 18 atom stereocenters. The molecule has 0 spiro atoms. The van der Waals surface area contributed by atoms with Crippen LogP contribution >= 0.6 is 0 Å². The van der Waals surface area contributed by atoms with E-state index in [1.807, 2.05) is 6.92 Å². The first-order chi connectivity index (χ1) is 48.7. The summed E-state index contributed by atoms with van der Waals surface area (Å²) in [7, 11) is 1.17. The van der Waals surface area contributed by atoms with E-state index < -0.39 is 235 Å². The van der Waals surface area contributed by atoms with Crippen molar-refractivity contribution in [3.05, 3.63) is 29.8 Å². The van der Waals surface area contributed by atoms with Crippen molar-refractivity contribution in [3.8, 4) is 5.75 Å². The Kier molecular flexibility index (Phi) is 37.1. The number of aliphatic hydroxyl groups is 4. The molecule has 586 valence electrons. The standard InChI is InChI=1S/C71H118N14O19/c1-15-18-19-20-21-23-43-33-51(91)78-53(38(10)16-2)65(98)83-57(60(93)37(8)9)68(101)79-52(35(4)5)64(97)82-56(59(92)36(6)7)67(100)75-45(29-30-49(72)89)70(103)84(14)58(39(11)17-3)69(102)77-47(34-50(73)90)62(95)81-55(41(13)87)71(104)85-31-22-24-48(85)63(96)76-46(32-42-25-27-44(88)28-26-42)61(94)80-54(40(12)86)66(99)74-43/h25-28,35-41,43,45-48,52-60,86-88,92-93H,15-24,29-34H2,1-14H3,(H2,72,89)(H2,73,90)(H,74,99)(H,75,100)(H,76,96)(H,77,102)(H,78,91)(H,79,101)(H,80,94)(H,81,95)(H,82,97)(H,83,98)/t38-,39-,40+,41+,43+,45-,46+,47+,48-,52-,53-,54-,55-,56+,57+,58-,59-,60-/m0/s1. The molecule has 19 N–H and O–H groups in total. The van der Waals surface area contributed by atoms with Crippen molar-refractivity contribution in [1.82, 2.24) is 63.0 Å². The zero-order valence-electron chi connectivity index (χ0n) is 62.7. The van der Waals surface area contributed by atoms with Crippen molar-refractivity contribution in [2.45, 2.75) is 283 Å². The van der Waals surface area contributed by atoms with Gasteiger partial charge in [0.1, 0.15) is 72.2 Å². The highest BCUT2D eigenvalue weighted by atomic mass is 16.3. The van der Waals surface area contributed by atoms with E-state index in [0.717, 1.165) is 36.0 Å². The number of fused-ring (bicyclic) bond motifs is 1. The van der Waals surface area contributed by atoms with Crippen LogP contribution in [0.25, 0.3) is 0 Å². The van der Waals surface area contributed by atoms with E-state index in [2.05, 4.69) is 53.2 Å². The molecular weight excluding hydrogens is 1350 g/mol. The minimum absolute atomic E-state index is 0.0220. The van der Waals surface area contributed by atoms with E-state index in [1.165, 1.54) is 65.9 Å². The van der Waals surface area contributed by atoms with Crippen molar-refractivity contribution >= 4 is 82.7 Å². The number of phenols is 1. The van der Waals surface area contributed by atoms with Gasteiger partial charge in [-0.3, -0.25) is 67.1 Å². The molecule has 0 aliphatic carbocycles. The molecule has 14 amide bonds. The summed E-state index contributed by atoms with van der Waals surface area (Å²) in [5.41, 5.74) is 11.6. The van der Waals surface area contributed by atoms with Crippen molar-refractivity contribution in [1.29, 1.82) is 0 Å². The first-order valence-corrected chi connectivity index (χ1v) is 36.4. The van der Waals surface area contributed by atoms with Crippen LogP contribution in [-0.2, 0) is 73.5 Å². The molecule has 0 radical (unpaired) electrons. The van der Waals surface area contributed by atoms with Gasteiger partial charge in [0.2, 0.25) is 82.7 Å². The van der Waals surface area contributed by atoms with Crippen molar-refractivity contribution in [2.24, 2.45) is 41.1 Å². The fourth-order valence-electron chi connectivity index (χ4n) is 12.3. The molecule has 33 heteroatoms. The van der Waals surface area contributed by atoms with Gasteiger partial charge in [-0.25, -0.2) is 0 Å². The molecule has 3 rings (SSSR count). The SMILES string of the molecule is CCCCCCC[C@@H]1CC(=O)N[C@@H]([C@@H](C)CC)C(=O)N[C@H]([C@@H](O)C(C)C)C(=O)N[C@@H](C(C)C)C(=O)N[C@H]([C@@H](O)C(C)C)C(=O)N[C@@H](CCC(N)=O)C(=O)N(C)[C@@H]([C@@H](C)CC)C(=O)N[C@H](CC(N)=O)C(=O)N[C@@H]([C@@H](C)O)C(=O)N2CCC[C@H]2C(=O)N[C@H](Cc2ccc(O)cc2)C(=O)N[C@@H]([C@@H](C)O)C(=O)N1. The fraction of sp³-hybridized carbons (Fsp3) is 0.718. The van der Waals surface area contributed by atoms with Crippen LogP contribution < -0.4 is 64.6 Å².